The highest BCUT2D eigenvalue weighted by Crippen LogP contribution is 2.61. The van der Waals surface area contributed by atoms with Crippen molar-refractivity contribution in [1.82, 2.24) is 0 Å². The lowest BCUT2D eigenvalue weighted by Crippen LogP contribution is -2.57. The molecular weight excluding hydrogens is 396 g/mol. The number of carbonyl (C=O) groups excluding carboxylic acids is 2. The Morgan fingerprint density at radius 3 is 2.61 bits per heavy atom. The monoisotopic (exact) mass is 434 g/mol. The Labute approximate surface area is 185 Å². The highest BCUT2D eigenvalue weighted by molar-refractivity contribution is 5.92. The van der Waals surface area contributed by atoms with Crippen LogP contribution in [0.15, 0.2) is 23.8 Å². The fraction of sp³-hybridized carbons (Fsp3) is 0.760. The summed E-state index contributed by atoms with van der Waals surface area (Å²) in [5, 5.41) is 20.8. The highest BCUT2D eigenvalue weighted by atomic mass is 16.6. The fourth-order valence-corrected chi connectivity index (χ4v) is 5.95. The summed E-state index contributed by atoms with van der Waals surface area (Å²) in [6, 6.07) is 0. The van der Waals surface area contributed by atoms with E-state index in [1.54, 1.807) is 20.8 Å². The quantitative estimate of drug-likeness (QED) is 0.399. The van der Waals surface area contributed by atoms with Crippen molar-refractivity contribution in [3.8, 4) is 0 Å². The third-order valence-electron chi connectivity index (χ3n) is 8.08. The molecule has 0 amide bonds. The molecule has 0 bridgehead atoms. The molecule has 174 valence electrons. The number of hydrogen-bond acceptors (Lipinski definition) is 6. The number of allylic oxidation sites excluding steroid dienone is 2. The molecule has 31 heavy (non-hydrogen) atoms. The van der Waals surface area contributed by atoms with Crippen LogP contribution in [0.2, 0.25) is 0 Å². The van der Waals surface area contributed by atoms with Gasteiger partial charge in [0.25, 0.3) is 0 Å². The lowest BCUT2D eigenvalue weighted by Gasteiger charge is -2.59. The van der Waals surface area contributed by atoms with Crippen LogP contribution in [-0.4, -0.2) is 47.6 Å². The molecule has 1 heterocycles. The second-order valence-corrected chi connectivity index (χ2v) is 11.2. The Bertz CT molecular complexity index is 777. The maximum Gasteiger partial charge on any atom is 0.337 e. The van der Waals surface area contributed by atoms with Gasteiger partial charge in [0, 0.05) is 5.41 Å². The zero-order chi connectivity index (χ0) is 23.2. The fourth-order valence-electron chi connectivity index (χ4n) is 5.95. The number of carbonyl (C=O) groups is 2. The van der Waals surface area contributed by atoms with E-state index in [0.29, 0.717) is 18.4 Å². The summed E-state index contributed by atoms with van der Waals surface area (Å²) in [6.45, 7) is 13.9. The van der Waals surface area contributed by atoms with Crippen LogP contribution in [0, 0.1) is 28.1 Å². The number of aliphatic hydroxyl groups is 2. The largest absolute Gasteiger partial charge is 0.458 e. The van der Waals surface area contributed by atoms with Gasteiger partial charge in [-0.2, -0.15) is 0 Å². The lowest BCUT2D eigenvalue weighted by atomic mass is 9.46. The topological polar surface area (TPSA) is 93.1 Å². The van der Waals surface area contributed by atoms with E-state index in [2.05, 4.69) is 13.5 Å². The minimum absolute atomic E-state index is 0.0484. The predicted molar refractivity (Wildman–Crippen MR) is 117 cm³/mol. The summed E-state index contributed by atoms with van der Waals surface area (Å²) in [6.07, 6.45) is 4.46. The van der Waals surface area contributed by atoms with Crippen molar-refractivity contribution in [3.05, 3.63) is 23.8 Å². The maximum absolute atomic E-state index is 12.4. The smallest absolute Gasteiger partial charge is 0.337 e. The molecule has 2 saturated carbocycles. The third kappa shape index (κ3) is 4.21. The lowest BCUT2D eigenvalue weighted by molar-refractivity contribution is -0.157. The van der Waals surface area contributed by atoms with Crippen LogP contribution in [0.25, 0.3) is 0 Å². The van der Waals surface area contributed by atoms with Crippen molar-refractivity contribution in [3.63, 3.8) is 0 Å². The van der Waals surface area contributed by atoms with Crippen molar-refractivity contribution >= 4 is 11.9 Å². The first-order valence-electron chi connectivity index (χ1n) is 11.4. The van der Waals surface area contributed by atoms with E-state index in [0.717, 1.165) is 24.8 Å². The number of cyclic esters (lactones) is 1. The summed E-state index contributed by atoms with van der Waals surface area (Å²) in [4.78, 5) is 24.7. The van der Waals surface area contributed by atoms with Gasteiger partial charge in [-0.25, -0.2) is 4.79 Å². The van der Waals surface area contributed by atoms with Crippen LogP contribution >= 0.6 is 0 Å². The summed E-state index contributed by atoms with van der Waals surface area (Å²) in [7, 11) is 0. The Morgan fingerprint density at radius 2 is 2.00 bits per heavy atom. The molecule has 1 saturated heterocycles. The van der Waals surface area contributed by atoms with Gasteiger partial charge >= 0.3 is 11.9 Å². The normalized spacial score (nSPS) is 39.9. The van der Waals surface area contributed by atoms with Crippen molar-refractivity contribution in [2.75, 3.05) is 13.2 Å². The molecule has 6 heteroatoms. The molecule has 0 aromatic heterocycles. The number of fused-ring (bicyclic) bond motifs is 1. The number of esters is 2. The molecule has 1 unspecified atom stereocenters. The van der Waals surface area contributed by atoms with E-state index in [1.165, 1.54) is 0 Å². The minimum Gasteiger partial charge on any atom is -0.458 e. The van der Waals surface area contributed by atoms with Crippen molar-refractivity contribution in [2.45, 2.75) is 78.9 Å². The van der Waals surface area contributed by atoms with Crippen LogP contribution in [0.4, 0.5) is 0 Å². The van der Waals surface area contributed by atoms with Gasteiger partial charge in [0.2, 0.25) is 0 Å². The number of hydrogen-bond donors (Lipinski definition) is 2. The van der Waals surface area contributed by atoms with E-state index in [4.69, 9.17) is 9.47 Å². The van der Waals surface area contributed by atoms with Crippen molar-refractivity contribution in [1.29, 1.82) is 0 Å². The van der Waals surface area contributed by atoms with Crippen LogP contribution in [0.5, 0.6) is 0 Å². The molecule has 2 N–H and O–H groups in total. The third-order valence-corrected chi connectivity index (χ3v) is 8.08. The molecule has 0 aromatic carbocycles. The summed E-state index contributed by atoms with van der Waals surface area (Å²) < 4.78 is 10.8. The van der Waals surface area contributed by atoms with Gasteiger partial charge in [-0.05, 0) is 70.1 Å². The van der Waals surface area contributed by atoms with Gasteiger partial charge in [-0.3, -0.25) is 4.79 Å². The molecule has 6 nitrogen and oxygen atoms in total. The van der Waals surface area contributed by atoms with Gasteiger partial charge in [0.15, 0.2) is 6.10 Å². The Morgan fingerprint density at radius 1 is 1.32 bits per heavy atom. The first-order valence-corrected chi connectivity index (χ1v) is 11.4. The predicted octanol–water partition coefficient (Wildman–Crippen LogP) is 3.56. The molecule has 3 fully saturated rings. The standard InChI is InChI=1S/C25H38O6/c1-15-7-10-19-24(5,12-11-20(27)25(19,6)14-26)17(15)9-8-16-18(13-30-21(16)28)31-22(29)23(2,3)4/h8,17-20,26-27H,1,7,9-14H2,2-6H3/t17-,18+,19?,20+,24+,25-/m0/s1. The van der Waals surface area contributed by atoms with Crippen LogP contribution in [0.3, 0.4) is 0 Å². The van der Waals surface area contributed by atoms with Gasteiger partial charge in [0.05, 0.1) is 23.7 Å². The Balaban J connectivity index is 1.84. The van der Waals surface area contributed by atoms with Crippen LogP contribution in [0.1, 0.15) is 66.7 Å². The minimum atomic E-state index is -0.685. The van der Waals surface area contributed by atoms with E-state index in [9.17, 15) is 19.8 Å². The molecule has 3 rings (SSSR count). The van der Waals surface area contributed by atoms with Crippen molar-refractivity contribution in [2.24, 2.45) is 28.1 Å². The number of ether oxygens (including phenoxy) is 2. The first-order chi connectivity index (χ1) is 14.3. The molecule has 0 radical (unpaired) electrons. The molecular formula is C25H38O6. The van der Waals surface area contributed by atoms with E-state index in [-0.39, 0.29) is 36.4 Å². The summed E-state index contributed by atoms with van der Waals surface area (Å²) in [5.41, 5.74) is 0.199. The molecule has 1 aliphatic heterocycles. The second-order valence-electron chi connectivity index (χ2n) is 11.2. The van der Waals surface area contributed by atoms with Gasteiger partial charge in [0.1, 0.15) is 6.61 Å². The van der Waals surface area contributed by atoms with E-state index < -0.39 is 29.0 Å². The zero-order valence-corrected chi connectivity index (χ0v) is 19.6. The highest BCUT2D eigenvalue weighted by Gasteiger charge is 2.57. The van der Waals surface area contributed by atoms with Gasteiger partial charge in [-0.15, -0.1) is 0 Å². The Hall–Kier alpha value is -1.66. The number of rotatable bonds is 4. The van der Waals surface area contributed by atoms with E-state index >= 15 is 0 Å². The average Bonchev–Trinajstić information content (AvgIpc) is 3.03. The van der Waals surface area contributed by atoms with Crippen molar-refractivity contribution < 1.29 is 29.3 Å². The van der Waals surface area contributed by atoms with Gasteiger partial charge in [-0.1, -0.05) is 32.1 Å². The molecule has 0 spiro atoms. The SMILES string of the molecule is C=C1CCC2[C@](C)(CO)[C@H](O)CC[C@]2(C)[C@H]1CC=C1C(=O)OC[C@H]1OC(=O)C(C)(C)C. The van der Waals surface area contributed by atoms with Crippen LogP contribution < -0.4 is 0 Å². The zero-order valence-electron chi connectivity index (χ0n) is 19.6. The molecule has 6 atom stereocenters. The second kappa shape index (κ2) is 8.36. The Kier molecular flexibility index (Phi) is 6.47. The summed E-state index contributed by atoms with van der Waals surface area (Å²) in [5.74, 6) is -0.526. The number of aliphatic hydroxyl groups excluding tert-OH is 2. The van der Waals surface area contributed by atoms with Crippen LogP contribution in [-0.2, 0) is 19.1 Å². The van der Waals surface area contributed by atoms with E-state index in [1.807, 2.05) is 13.0 Å². The summed E-state index contributed by atoms with van der Waals surface area (Å²) >= 11 is 0. The average molecular weight is 435 g/mol. The molecule has 0 aromatic rings. The molecule has 2 aliphatic carbocycles. The first kappa shape index (κ1) is 24.0. The maximum atomic E-state index is 12.4. The van der Waals surface area contributed by atoms with Gasteiger partial charge < -0.3 is 19.7 Å². The molecule has 3 aliphatic rings.